The first-order chi connectivity index (χ1) is 9.43. The number of carbonyl (C=O) groups is 2. The molecule has 20 heavy (non-hydrogen) atoms. The van der Waals surface area contributed by atoms with Gasteiger partial charge in [0.2, 0.25) is 0 Å². The zero-order valence-electron chi connectivity index (χ0n) is 12.1. The molecule has 1 N–H and O–H groups in total. The van der Waals surface area contributed by atoms with Crippen LogP contribution in [0.25, 0.3) is 0 Å². The van der Waals surface area contributed by atoms with Crippen LogP contribution >= 0.6 is 0 Å². The first-order valence-electron chi connectivity index (χ1n) is 6.59. The maximum Gasteiger partial charge on any atom is 0.305 e. The Morgan fingerprint density at radius 3 is 2.30 bits per heavy atom. The van der Waals surface area contributed by atoms with Crippen LogP contribution in [0, 0.1) is 5.92 Å². The minimum Gasteiger partial charge on any atom is -0.497 e. The molecule has 1 aromatic rings. The van der Waals surface area contributed by atoms with E-state index >= 15 is 0 Å². The number of carboxylic acid groups (broad SMARTS) is 1. The Balaban J connectivity index is 2.81. The smallest absolute Gasteiger partial charge is 0.305 e. The highest BCUT2D eigenvalue weighted by atomic mass is 16.5. The van der Waals surface area contributed by atoms with Gasteiger partial charge in [-0.15, -0.1) is 0 Å². The molecule has 0 aliphatic heterocycles. The lowest BCUT2D eigenvalue weighted by atomic mass is 10.1. The van der Waals surface area contributed by atoms with Crippen LogP contribution in [0.4, 0.5) is 0 Å². The van der Waals surface area contributed by atoms with Crippen LogP contribution in [-0.4, -0.2) is 42.1 Å². The molecule has 1 aromatic carbocycles. The molecule has 1 amide bonds. The van der Waals surface area contributed by atoms with Gasteiger partial charge in [-0.25, -0.2) is 0 Å². The zero-order valence-corrected chi connectivity index (χ0v) is 12.1. The van der Waals surface area contributed by atoms with Gasteiger partial charge in [-0.3, -0.25) is 9.59 Å². The summed E-state index contributed by atoms with van der Waals surface area (Å²) in [4.78, 5) is 24.6. The number of carbonyl (C=O) groups excluding carboxylic acids is 1. The van der Waals surface area contributed by atoms with E-state index in [2.05, 4.69) is 0 Å². The molecule has 5 heteroatoms. The molecule has 0 aliphatic carbocycles. The van der Waals surface area contributed by atoms with Crippen molar-refractivity contribution >= 4 is 11.9 Å². The SMILES string of the molecule is COc1ccc(C(=O)N(CCC(=O)O)CC(C)C)cc1. The number of ether oxygens (including phenoxy) is 1. The zero-order chi connectivity index (χ0) is 15.1. The maximum absolute atomic E-state index is 12.4. The topological polar surface area (TPSA) is 66.8 Å². The Labute approximate surface area is 119 Å². The first kappa shape index (κ1) is 16.0. The van der Waals surface area contributed by atoms with Crippen LogP contribution in [0.1, 0.15) is 30.6 Å². The lowest BCUT2D eigenvalue weighted by Gasteiger charge is -2.24. The van der Waals surface area contributed by atoms with E-state index < -0.39 is 5.97 Å². The van der Waals surface area contributed by atoms with Gasteiger partial charge in [-0.2, -0.15) is 0 Å². The van der Waals surface area contributed by atoms with Crippen molar-refractivity contribution in [1.29, 1.82) is 0 Å². The molecular formula is C15H21NO4. The van der Waals surface area contributed by atoms with Crippen molar-refractivity contribution in [3.8, 4) is 5.75 Å². The number of amides is 1. The molecule has 0 bridgehead atoms. The predicted molar refractivity (Wildman–Crippen MR) is 76.0 cm³/mol. The minimum absolute atomic E-state index is 0.0470. The quantitative estimate of drug-likeness (QED) is 0.831. The fourth-order valence-electron chi connectivity index (χ4n) is 1.86. The summed E-state index contributed by atoms with van der Waals surface area (Å²) < 4.78 is 5.05. The van der Waals surface area contributed by atoms with Crippen molar-refractivity contribution in [2.24, 2.45) is 5.92 Å². The lowest BCUT2D eigenvalue weighted by Crippen LogP contribution is -2.35. The molecule has 0 spiro atoms. The summed E-state index contributed by atoms with van der Waals surface area (Å²) in [5.74, 6) is -0.0858. The highest BCUT2D eigenvalue weighted by Gasteiger charge is 2.17. The molecule has 0 aromatic heterocycles. The standard InChI is InChI=1S/C15H21NO4/c1-11(2)10-16(9-8-14(17)18)15(19)12-4-6-13(20-3)7-5-12/h4-7,11H,8-10H2,1-3H3,(H,17,18). The molecule has 0 radical (unpaired) electrons. The van der Waals surface area contributed by atoms with Crippen molar-refractivity contribution in [1.82, 2.24) is 4.90 Å². The third kappa shape index (κ3) is 4.91. The summed E-state index contributed by atoms with van der Waals surface area (Å²) in [6, 6.07) is 6.82. The van der Waals surface area contributed by atoms with Crippen molar-refractivity contribution in [2.45, 2.75) is 20.3 Å². The molecule has 0 saturated carbocycles. The van der Waals surface area contributed by atoms with Crippen molar-refractivity contribution in [3.63, 3.8) is 0 Å². The fourth-order valence-corrected chi connectivity index (χ4v) is 1.86. The molecule has 0 heterocycles. The number of benzene rings is 1. The molecule has 5 nitrogen and oxygen atoms in total. The van der Waals surface area contributed by atoms with E-state index in [1.165, 1.54) is 0 Å². The number of hydrogen-bond acceptors (Lipinski definition) is 3. The molecule has 0 saturated heterocycles. The number of aliphatic carboxylic acids is 1. The summed E-state index contributed by atoms with van der Waals surface area (Å²) in [5, 5.41) is 8.76. The van der Waals surface area contributed by atoms with E-state index in [0.29, 0.717) is 17.9 Å². The van der Waals surface area contributed by atoms with Crippen molar-refractivity contribution < 1.29 is 19.4 Å². The van der Waals surface area contributed by atoms with Crippen LogP contribution in [0.3, 0.4) is 0 Å². The molecular weight excluding hydrogens is 258 g/mol. The highest BCUT2D eigenvalue weighted by molar-refractivity contribution is 5.94. The Hall–Kier alpha value is -2.04. The summed E-state index contributed by atoms with van der Waals surface area (Å²) in [5.41, 5.74) is 0.539. The Kier molecular flexibility index (Phi) is 6.03. The first-order valence-corrected chi connectivity index (χ1v) is 6.59. The average molecular weight is 279 g/mol. The Morgan fingerprint density at radius 1 is 1.25 bits per heavy atom. The molecule has 0 unspecified atom stereocenters. The lowest BCUT2D eigenvalue weighted by molar-refractivity contribution is -0.137. The van der Waals surface area contributed by atoms with E-state index in [0.717, 1.165) is 0 Å². The second-order valence-corrected chi connectivity index (χ2v) is 5.02. The van der Waals surface area contributed by atoms with Crippen molar-refractivity contribution in [3.05, 3.63) is 29.8 Å². The monoisotopic (exact) mass is 279 g/mol. The number of hydrogen-bond donors (Lipinski definition) is 1. The van der Waals surface area contributed by atoms with E-state index in [4.69, 9.17) is 9.84 Å². The van der Waals surface area contributed by atoms with Crippen LogP contribution in [0.15, 0.2) is 24.3 Å². The van der Waals surface area contributed by atoms with Crippen LogP contribution in [0.2, 0.25) is 0 Å². The number of nitrogens with zero attached hydrogens (tertiary/aromatic N) is 1. The van der Waals surface area contributed by atoms with Gasteiger partial charge in [0.25, 0.3) is 5.91 Å². The fraction of sp³-hybridized carbons (Fsp3) is 0.467. The van der Waals surface area contributed by atoms with E-state index in [-0.39, 0.29) is 24.8 Å². The third-order valence-electron chi connectivity index (χ3n) is 2.81. The number of rotatable bonds is 7. The third-order valence-corrected chi connectivity index (χ3v) is 2.81. The Bertz CT molecular complexity index is 453. The van der Waals surface area contributed by atoms with Crippen LogP contribution in [-0.2, 0) is 4.79 Å². The molecule has 0 aliphatic rings. The summed E-state index contributed by atoms with van der Waals surface area (Å²) in [6.45, 7) is 4.75. The van der Waals surface area contributed by atoms with Gasteiger partial charge in [-0.1, -0.05) is 13.8 Å². The van der Waals surface area contributed by atoms with E-state index in [1.807, 2.05) is 13.8 Å². The largest absolute Gasteiger partial charge is 0.497 e. The molecule has 110 valence electrons. The second kappa shape index (κ2) is 7.53. The molecule has 1 rings (SSSR count). The van der Waals surface area contributed by atoms with Gasteiger partial charge in [0.05, 0.1) is 13.5 Å². The van der Waals surface area contributed by atoms with E-state index in [9.17, 15) is 9.59 Å². The summed E-state index contributed by atoms with van der Waals surface area (Å²) in [7, 11) is 1.56. The normalized spacial score (nSPS) is 10.4. The van der Waals surface area contributed by atoms with Gasteiger partial charge in [0.15, 0.2) is 0 Å². The molecule has 0 atom stereocenters. The van der Waals surface area contributed by atoms with Crippen LogP contribution < -0.4 is 4.74 Å². The highest BCUT2D eigenvalue weighted by Crippen LogP contribution is 2.14. The average Bonchev–Trinajstić information content (AvgIpc) is 2.42. The Morgan fingerprint density at radius 2 is 1.85 bits per heavy atom. The second-order valence-electron chi connectivity index (χ2n) is 5.02. The van der Waals surface area contributed by atoms with Gasteiger partial charge in [0, 0.05) is 18.7 Å². The number of carboxylic acids is 1. The van der Waals surface area contributed by atoms with Crippen LogP contribution in [0.5, 0.6) is 5.75 Å². The predicted octanol–water partition coefficient (Wildman–Crippen LogP) is 2.27. The van der Waals surface area contributed by atoms with Gasteiger partial charge in [-0.05, 0) is 30.2 Å². The summed E-state index contributed by atoms with van der Waals surface area (Å²) in [6.07, 6.45) is -0.0470. The minimum atomic E-state index is -0.902. The van der Waals surface area contributed by atoms with E-state index in [1.54, 1.807) is 36.3 Å². The number of methoxy groups -OCH3 is 1. The van der Waals surface area contributed by atoms with Gasteiger partial charge in [0.1, 0.15) is 5.75 Å². The van der Waals surface area contributed by atoms with Crippen molar-refractivity contribution in [2.75, 3.05) is 20.2 Å². The van der Waals surface area contributed by atoms with Gasteiger partial charge >= 0.3 is 5.97 Å². The molecule has 0 fully saturated rings. The summed E-state index contributed by atoms with van der Waals surface area (Å²) >= 11 is 0. The van der Waals surface area contributed by atoms with Gasteiger partial charge < -0.3 is 14.7 Å². The maximum atomic E-state index is 12.4.